The van der Waals surface area contributed by atoms with Gasteiger partial charge in [-0.3, -0.25) is 34.1 Å². The van der Waals surface area contributed by atoms with Gasteiger partial charge in [0.05, 0.1) is 51.2 Å². The quantitative estimate of drug-likeness (QED) is 0.0562. The standard InChI is InChI=1S/C54H75N9O12S3/c1-34-48(77-33-58-34)37-14-12-35(13-15-37)25-56-51(69)44-24-42(64)29-63(44)52(70)49(54(2,3)4)60-47(67)31-75-21-19-73-18-20-74-30-46(66)55-26-36-8-6-9-38(22-36)39-10-7-11-40(23-39)43-32-76-53(59-43)61-45(65)27-57-50(68)41-16-17-62(28-41)78(5,71)72/h6-15,22-23,34,41-44,48-49,53,58-59,64H,16-21,24-33H2,1-5H3,(H,55,66)(H,56,69)(H,57,68)(H,60,67)(H,61,65)/t34?,41?,42-,43?,44+,48?,49-,53?/m1/s1. The van der Waals surface area contributed by atoms with E-state index in [4.69, 9.17) is 14.2 Å². The maximum atomic E-state index is 14.0. The largest absolute Gasteiger partial charge is 0.391 e. The van der Waals surface area contributed by atoms with E-state index < -0.39 is 51.4 Å². The summed E-state index contributed by atoms with van der Waals surface area (Å²) in [7, 11) is -3.37. The number of rotatable bonds is 25. The Balaban J connectivity index is 0.743. The molecule has 7 rings (SSSR count). The van der Waals surface area contributed by atoms with Gasteiger partial charge in [-0.2, -0.15) is 0 Å². The van der Waals surface area contributed by atoms with Crippen molar-refractivity contribution in [2.75, 3.05) is 83.7 Å². The Hall–Kier alpha value is -5.15. The molecule has 0 aliphatic carbocycles. The molecular formula is C54H75N9O12S3. The van der Waals surface area contributed by atoms with Gasteiger partial charge in [-0.25, -0.2) is 12.7 Å². The number of carbonyl (C=O) groups is 6. The average molecular weight is 1140 g/mol. The Labute approximate surface area is 465 Å². The smallest absolute Gasteiger partial charge is 0.246 e. The highest BCUT2D eigenvalue weighted by atomic mass is 32.2. The summed E-state index contributed by atoms with van der Waals surface area (Å²) in [5.41, 5.74) is 4.94. The first-order chi connectivity index (χ1) is 37.2. The molecular weight excluding hydrogens is 1060 g/mol. The highest BCUT2D eigenvalue weighted by molar-refractivity contribution is 8.00. The highest BCUT2D eigenvalue weighted by Crippen LogP contribution is 2.36. The van der Waals surface area contributed by atoms with Crippen LogP contribution >= 0.6 is 23.5 Å². The number of benzene rings is 3. The molecule has 5 unspecified atom stereocenters. The summed E-state index contributed by atoms with van der Waals surface area (Å²) in [5.74, 6) is -1.22. The van der Waals surface area contributed by atoms with Crippen molar-refractivity contribution in [3.8, 4) is 11.1 Å². The van der Waals surface area contributed by atoms with Crippen LogP contribution in [-0.4, -0.2) is 172 Å². The summed E-state index contributed by atoms with van der Waals surface area (Å²) in [6.07, 6.45) is 0.728. The predicted molar refractivity (Wildman–Crippen MR) is 298 cm³/mol. The zero-order valence-corrected chi connectivity index (χ0v) is 47.4. The summed E-state index contributed by atoms with van der Waals surface area (Å²) >= 11 is 3.41. The third-order valence-corrected chi connectivity index (χ3v) is 17.7. The maximum absolute atomic E-state index is 14.0. The molecule has 21 nitrogen and oxygen atoms in total. The minimum absolute atomic E-state index is 0.0316. The molecule has 6 amide bonds. The fourth-order valence-corrected chi connectivity index (χ4v) is 12.9. The van der Waals surface area contributed by atoms with Gasteiger partial charge in [0.2, 0.25) is 45.5 Å². The number of hydrogen-bond acceptors (Lipinski definition) is 16. The zero-order valence-electron chi connectivity index (χ0n) is 44.9. The van der Waals surface area contributed by atoms with E-state index in [9.17, 15) is 42.3 Å². The van der Waals surface area contributed by atoms with Crippen molar-refractivity contribution in [1.82, 2.24) is 46.4 Å². The molecule has 8 atom stereocenters. The Morgan fingerprint density at radius 1 is 0.782 bits per heavy atom. The van der Waals surface area contributed by atoms with Gasteiger partial charge in [-0.1, -0.05) is 81.4 Å². The van der Waals surface area contributed by atoms with Crippen molar-refractivity contribution in [3.63, 3.8) is 0 Å². The van der Waals surface area contributed by atoms with Gasteiger partial charge in [0.1, 0.15) is 30.8 Å². The van der Waals surface area contributed by atoms with Crippen LogP contribution < -0.4 is 37.2 Å². The molecule has 8 N–H and O–H groups in total. The van der Waals surface area contributed by atoms with E-state index in [-0.39, 0.29) is 120 Å². The topological polar surface area (TPSA) is 275 Å². The molecule has 4 heterocycles. The van der Waals surface area contributed by atoms with Crippen molar-refractivity contribution >= 4 is 69.0 Å². The molecule has 4 aliphatic rings. The van der Waals surface area contributed by atoms with E-state index in [0.29, 0.717) is 23.5 Å². The summed E-state index contributed by atoms with van der Waals surface area (Å²) in [4.78, 5) is 79.7. The molecule has 0 aromatic heterocycles. The maximum Gasteiger partial charge on any atom is 0.246 e. The van der Waals surface area contributed by atoms with Crippen molar-refractivity contribution in [2.24, 2.45) is 11.3 Å². The monoisotopic (exact) mass is 1140 g/mol. The van der Waals surface area contributed by atoms with Crippen LogP contribution in [0.1, 0.15) is 74.1 Å². The first-order valence-electron chi connectivity index (χ1n) is 26.3. The Morgan fingerprint density at radius 2 is 1.46 bits per heavy atom. The molecule has 78 heavy (non-hydrogen) atoms. The van der Waals surface area contributed by atoms with Gasteiger partial charge in [0.15, 0.2) is 0 Å². The number of nitrogens with zero attached hydrogens (tertiary/aromatic N) is 2. The van der Waals surface area contributed by atoms with Crippen molar-refractivity contribution < 1.29 is 56.5 Å². The molecule has 0 bridgehead atoms. The second-order valence-electron chi connectivity index (χ2n) is 21.1. The Morgan fingerprint density at radius 3 is 2.14 bits per heavy atom. The van der Waals surface area contributed by atoms with Gasteiger partial charge in [0.25, 0.3) is 0 Å². The van der Waals surface area contributed by atoms with Crippen LogP contribution in [-0.2, 0) is 66.1 Å². The predicted octanol–water partition coefficient (Wildman–Crippen LogP) is 1.73. The lowest BCUT2D eigenvalue weighted by Gasteiger charge is -2.35. The van der Waals surface area contributed by atoms with Crippen LogP contribution in [0.25, 0.3) is 11.1 Å². The summed E-state index contributed by atoms with van der Waals surface area (Å²) in [6, 6.07) is 22.5. The number of hydrogen-bond donors (Lipinski definition) is 8. The highest BCUT2D eigenvalue weighted by Gasteiger charge is 2.44. The molecule has 0 saturated carbocycles. The number of thioether (sulfide) groups is 2. The van der Waals surface area contributed by atoms with Gasteiger partial charge >= 0.3 is 0 Å². The summed E-state index contributed by atoms with van der Waals surface area (Å²) in [6.45, 7) is 8.40. The number of amides is 6. The number of nitrogens with one attached hydrogen (secondary N) is 7. The van der Waals surface area contributed by atoms with E-state index in [1.165, 1.54) is 14.8 Å². The van der Waals surface area contributed by atoms with Gasteiger partial charge in [-0.05, 0) is 64.3 Å². The molecule has 0 spiro atoms. The Bertz CT molecular complexity index is 2680. The second-order valence-corrected chi connectivity index (χ2v) is 25.3. The van der Waals surface area contributed by atoms with Crippen LogP contribution in [0.3, 0.4) is 0 Å². The number of aliphatic hydroxyl groups excluding tert-OH is 1. The van der Waals surface area contributed by atoms with E-state index >= 15 is 0 Å². The summed E-state index contributed by atoms with van der Waals surface area (Å²) < 4.78 is 41.5. The van der Waals surface area contributed by atoms with Crippen molar-refractivity contribution in [3.05, 3.63) is 95.1 Å². The number of aliphatic hydroxyl groups is 1. The molecule has 3 aromatic rings. The van der Waals surface area contributed by atoms with Crippen LogP contribution in [0.2, 0.25) is 0 Å². The van der Waals surface area contributed by atoms with Crippen LogP contribution in [0.4, 0.5) is 0 Å². The zero-order chi connectivity index (χ0) is 56.0. The minimum atomic E-state index is -3.37. The van der Waals surface area contributed by atoms with Crippen LogP contribution in [0.15, 0.2) is 72.8 Å². The third kappa shape index (κ3) is 17.7. The summed E-state index contributed by atoms with van der Waals surface area (Å²) in [5, 5.41) is 31.9. The average Bonchev–Trinajstić information content (AvgIpc) is 4.28. The van der Waals surface area contributed by atoms with Gasteiger partial charge < -0.3 is 56.1 Å². The lowest BCUT2D eigenvalue weighted by atomic mass is 9.85. The van der Waals surface area contributed by atoms with Crippen molar-refractivity contribution in [1.29, 1.82) is 0 Å². The lowest BCUT2D eigenvalue weighted by Crippen LogP contribution is -2.58. The van der Waals surface area contributed by atoms with E-state index in [0.717, 1.165) is 39.9 Å². The van der Waals surface area contributed by atoms with E-state index in [1.807, 2.05) is 87.1 Å². The number of ether oxygens (including phenoxy) is 3. The number of likely N-dealkylation sites (tertiary alicyclic amines) is 1. The first-order valence-corrected chi connectivity index (χ1v) is 30.2. The number of sulfonamides is 1. The van der Waals surface area contributed by atoms with E-state index in [1.54, 1.807) is 11.8 Å². The normalized spacial score (nSPS) is 22.9. The molecule has 4 aliphatic heterocycles. The molecule has 3 aromatic carbocycles. The molecule has 4 saturated heterocycles. The molecule has 0 radical (unpaired) electrons. The fourth-order valence-electron chi connectivity index (χ4n) is 9.58. The molecule has 426 valence electrons. The number of carbonyl (C=O) groups excluding carboxylic acids is 6. The molecule has 4 fully saturated rings. The van der Waals surface area contributed by atoms with Crippen molar-refractivity contribution in [2.45, 2.75) is 94.6 Å². The fraction of sp³-hybridized carbons (Fsp3) is 0.556. The van der Waals surface area contributed by atoms with Crippen LogP contribution in [0.5, 0.6) is 0 Å². The molecule has 24 heteroatoms. The van der Waals surface area contributed by atoms with E-state index in [2.05, 4.69) is 62.3 Å². The van der Waals surface area contributed by atoms with Gasteiger partial charge in [-0.15, -0.1) is 23.5 Å². The van der Waals surface area contributed by atoms with Crippen LogP contribution in [0, 0.1) is 11.3 Å². The second kappa shape index (κ2) is 28.3. The van der Waals surface area contributed by atoms with Gasteiger partial charge in [0, 0.05) is 68.1 Å². The SMILES string of the molecule is CC1NCSC1c1ccc(CNC(=O)[C@@H]2C[C@@H](O)CN2C(=O)[C@@H](NC(=O)COCCOCCOCC(=O)NCc2cccc(-c3cccc(C4CSC(NC(=O)CNC(=O)C5CCN(S(C)(=O)=O)C5)N4)c3)c2)C(C)(C)C)cc1. The lowest BCUT2D eigenvalue weighted by molar-refractivity contribution is -0.144. The third-order valence-electron chi connectivity index (χ3n) is 13.9. The minimum Gasteiger partial charge on any atom is -0.391 e. The Kier molecular flexibility index (Phi) is 22.0. The first kappa shape index (κ1) is 60.5. The number of β-amino-alcohol motifs (C(OH)–C–C–N with tert-alkyl or cyclic N) is 1.